The minimum Gasteiger partial charge on any atom is -0.369 e. The van der Waals surface area contributed by atoms with Crippen LogP contribution < -0.4 is 10.2 Å². The van der Waals surface area contributed by atoms with Gasteiger partial charge in [-0.05, 0) is 53.5 Å². The van der Waals surface area contributed by atoms with E-state index < -0.39 is 0 Å². The van der Waals surface area contributed by atoms with E-state index in [1.54, 1.807) is 6.20 Å². The van der Waals surface area contributed by atoms with Gasteiger partial charge in [-0.3, -0.25) is 0 Å². The SMILES string of the molecule is Cc1ccnc(NC2CCN(c3ccc(C#N)c(Br)c3)C2)n1. The first-order valence-corrected chi connectivity index (χ1v) is 7.96. The summed E-state index contributed by atoms with van der Waals surface area (Å²) < 4.78 is 0.839. The molecule has 1 unspecified atom stereocenters. The van der Waals surface area contributed by atoms with Gasteiger partial charge in [-0.15, -0.1) is 0 Å². The van der Waals surface area contributed by atoms with Gasteiger partial charge in [0.2, 0.25) is 5.95 Å². The summed E-state index contributed by atoms with van der Waals surface area (Å²) >= 11 is 3.45. The average molecular weight is 358 g/mol. The molecule has 1 aromatic carbocycles. The highest BCUT2D eigenvalue weighted by atomic mass is 79.9. The fourth-order valence-corrected chi connectivity index (χ4v) is 3.06. The van der Waals surface area contributed by atoms with Crippen LogP contribution in [0.15, 0.2) is 34.9 Å². The fraction of sp³-hybridized carbons (Fsp3) is 0.312. The molecule has 1 N–H and O–H groups in total. The van der Waals surface area contributed by atoms with E-state index in [-0.39, 0.29) is 0 Å². The predicted octanol–water partition coefficient (Wildman–Crippen LogP) is 3.11. The highest BCUT2D eigenvalue weighted by molar-refractivity contribution is 9.10. The van der Waals surface area contributed by atoms with E-state index in [0.717, 1.165) is 35.4 Å². The van der Waals surface area contributed by atoms with Gasteiger partial charge in [0, 0.05) is 41.2 Å². The summed E-state index contributed by atoms with van der Waals surface area (Å²) in [6, 6.07) is 10.2. The minimum absolute atomic E-state index is 0.330. The molecule has 0 bridgehead atoms. The summed E-state index contributed by atoms with van der Waals surface area (Å²) in [5.74, 6) is 0.688. The van der Waals surface area contributed by atoms with Crippen LogP contribution >= 0.6 is 15.9 Å². The third-order valence-electron chi connectivity index (χ3n) is 3.75. The Kier molecular flexibility index (Phi) is 4.25. The van der Waals surface area contributed by atoms with Gasteiger partial charge in [-0.1, -0.05) is 0 Å². The molecule has 1 aromatic heterocycles. The molecule has 3 rings (SSSR count). The van der Waals surface area contributed by atoms with E-state index in [0.29, 0.717) is 17.6 Å². The van der Waals surface area contributed by atoms with E-state index >= 15 is 0 Å². The maximum Gasteiger partial charge on any atom is 0.223 e. The summed E-state index contributed by atoms with van der Waals surface area (Å²) in [6.07, 6.45) is 2.81. The van der Waals surface area contributed by atoms with Gasteiger partial charge in [-0.2, -0.15) is 5.26 Å². The minimum atomic E-state index is 0.330. The maximum absolute atomic E-state index is 8.99. The molecule has 0 amide bonds. The predicted molar refractivity (Wildman–Crippen MR) is 89.9 cm³/mol. The Labute approximate surface area is 138 Å². The van der Waals surface area contributed by atoms with Crippen molar-refractivity contribution in [1.29, 1.82) is 5.26 Å². The smallest absolute Gasteiger partial charge is 0.223 e. The second-order valence-electron chi connectivity index (χ2n) is 5.37. The number of halogens is 1. The summed E-state index contributed by atoms with van der Waals surface area (Å²) in [4.78, 5) is 10.9. The fourth-order valence-electron chi connectivity index (χ4n) is 2.61. The standard InChI is InChI=1S/C16H16BrN5/c1-11-4-6-19-16(20-11)21-13-5-7-22(10-13)14-3-2-12(9-18)15(17)8-14/h2-4,6,8,13H,5,7,10H2,1H3,(H,19,20,21). The molecule has 1 aliphatic heterocycles. The van der Waals surface area contributed by atoms with Gasteiger partial charge in [0.05, 0.1) is 5.56 Å². The van der Waals surface area contributed by atoms with Gasteiger partial charge in [0.1, 0.15) is 6.07 Å². The first-order valence-electron chi connectivity index (χ1n) is 7.16. The molecular formula is C16H16BrN5. The number of nitrogens with one attached hydrogen (secondary N) is 1. The molecular weight excluding hydrogens is 342 g/mol. The van der Waals surface area contributed by atoms with Crippen LogP contribution in [0.5, 0.6) is 0 Å². The van der Waals surface area contributed by atoms with Crippen LogP contribution in [0.1, 0.15) is 17.7 Å². The number of aromatic nitrogens is 2. The molecule has 112 valence electrons. The summed E-state index contributed by atoms with van der Waals surface area (Å²) in [7, 11) is 0. The molecule has 0 spiro atoms. The van der Waals surface area contributed by atoms with Crippen LogP contribution in [0.2, 0.25) is 0 Å². The van der Waals surface area contributed by atoms with Crippen molar-refractivity contribution in [3.05, 3.63) is 46.2 Å². The molecule has 1 saturated heterocycles. The summed E-state index contributed by atoms with van der Waals surface area (Å²) in [5.41, 5.74) is 2.74. The van der Waals surface area contributed by atoms with Crippen LogP contribution in [0, 0.1) is 18.3 Å². The lowest BCUT2D eigenvalue weighted by Crippen LogP contribution is -2.26. The molecule has 1 fully saturated rings. The largest absolute Gasteiger partial charge is 0.369 e. The zero-order valence-corrected chi connectivity index (χ0v) is 13.8. The van der Waals surface area contributed by atoms with Gasteiger partial charge in [0.15, 0.2) is 0 Å². The topological polar surface area (TPSA) is 64.8 Å². The number of nitrogens with zero attached hydrogens (tertiary/aromatic N) is 4. The Morgan fingerprint density at radius 2 is 2.27 bits per heavy atom. The Balaban J connectivity index is 1.67. The van der Waals surface area contributed by atoms with E-state index in [1.165, 1.54) is 0 Å². The monoisotopic (exact) mass is 357 g/mol. The van der Waals surface area contributed by atoms with E-state index in [1.807, 2.05) is 31.2 Å². The number of hydrogen-bond acceptors (Lipinski definition) is 5. The number of benzene rings is 1. The molecule has 2 heterocycles. The van der Waals surface area contributed by atoms with Crippen molar-refractivity contribution in [2.45, 2.75) is 19.4 Å². The Bertz CT molecular complexity index is 725. The normalized spacial score (nSPS) is 17.3. The molecule has 0 aliphatic carbocycles. The van der Waals surface area contributed by atoms with E-state index in [2.05, 4.69) is 42.2 Å². The lowest BCUT2D eigenvalue weighted by atomic mass is 10.2. The van der Waals surface area contributed by atoms with Crippen molar-refractivity contribution in [1.82, 2.24) is 9.97 Å². The molecule has 5 nitrogen and oxygen atoms in total. The van der Waals surface area contributed by atoms with Crippen molar-refractivity contribution in [2.75, 3.05) is 23.3 Å². The van der Waals surface area contributed by atoms with Crippen LogP contribution in [-0.2, 0) is 0 Å². The molecule has 0 radical (unpaired) electrons. The lowest BCUT2D eigenvalue weighted by molar-refractivity contribution is 0.790. The number of aryl methyl sites for hydroxylation is 1. The van der Waals surface area contributed by atoms with Crippen molar-refractivity contribution in [3.8, 4) is 6.07 Å². The third-order valence-corrected chi connectivity index (χ3v) is 4.41. The van der Waals surface area contributed by atoms with Gasteiger partial charge in [-0.25, -0.2) is 9.97 Å². The number of nitriles is 1. The maximum atomic E-state index is 8.99. The van der Waals surface area contributed by atoms with Crippen LogP contribution in [0.3, 0.4) is 0 Å². The van der Waals surface area contributed by atoms with Crippen LogP contribution in [0.4, 0.5) is 11.6 Å². The zero-order valence-electron chi connectivity index (χ0n) is 12.3. The van der Waals surface area contributed by atoms with Gasteiger partial charge < -0.3 is 10.2 Å². The Morgan fingerprint density at radius 1 is 1.41 bits per heavy atom. The number of anilines is 2. The van der Waals surface area contributed by atoms with Crippen LogP contribution in [-0.4, -0.2) is 29.1 Å². The Hall–Kier alpha value is -2.13. The first kappa shape index (κ1) is 14.8. The van der Waals surface area contributed by atoms with Crippen molar-refractivity contribution in [3.63, 3.8) is 0 Å². The Morgan fingerprint density at radius 3 is 3.00 bits per heavy atom. The van der Waals surface area contributed by atoms with Crippen molar-refractivity contribution >= 4 is 27.6 Å². The second-order valence-corrected chi connectivity index (χ2v) is 6.23. The summed E-state index contributed by atoms with van der Waals surface area (Å²) in [5, 5.41) is 12.4. The highest BCUT2D eigenvalue weighted by Crippen LogP contribution is 2.27. The molecule has 1 aliphatic rings. The number of hydrogen-bond donors (Lipinski definition) is 1. The summed E-state index contributed by atoms with van der Waals surface area (Å²) in [6.45, 7) is 3.83. The molecule has 2 aromatic rings. The zero-order chi connectivity index (χ0) is 15.5. The molecule has 1 atom stereocenters. The lowest BCUT2D eigenvalue weighted by Gasteiger charge is -2.19. The highest BCUT2D eigenvalue weighted by Gasteiger charge is 2.23. The third kappa shape index (κ3) is 3.20. The second kappa shape index (κ2) is 6.32. The van der Waals surface area contributed by atoms with Crippen LogP contribution in [0.25, 0.3) is 0 Å². The average Bonchev–Trinajstić information content (AvgIpc) is 2.95. The quantitative estimate of drug-likeness (QED) is 0.913. The van der Waals surface area contributed by atoms with Crippen molar-refractivity contribution in [2.24, 2.45) is 0 Å². The number of rotatable bonds is 3. The molecule has 22 heavy (non-hydrogen) atoms. The molecule has 6 heteroatoms. The van der Waals surface area contributed by atoms with Gasteiger partial charge in [0.25, 0.3) is 0 Å². The van der Waals surface area contributed by atoms with Crippen molar-refractivity contribution < 1.29 is 0 Å². The van der Waals surface area contributed by atoms with E-state index in [4.69, 9.17) is 5.26 Å². The van der Waals surface area contributed by atoms with Gasteiger partial charge >= 0.3 is 0 Å². The van der Waals surface area contributed by atoms with E-state index in [9.17, 15) is 0 Å². The molecule has 0 saturated carbocycles. The first-order chi connectivity index (χ1) is 10.7.